The second kappa shape index (κ2) is 9.40. The molecule has 3 rings (SSSR count). The van der Waals surface area contributed by atoms with E-state index in [4.69, 9.17) is 5.11 Å². The van der Waals surface area contributed by atoms with Gasteiger partial charge in [0, 0.05) is 13.0 Å². The van der Waals surface area contributed by atoms with E-state index in [-0.39, 0.29) is 23.0 Å². The summed E-state index contributed by atoms with van der Waals surface area (Å²) < 4.78 is 41.2. The van der Waals surface area contributed by atoms with Crippen LogP contribution in [0.15, 0.2) is 65.6 Å². The van der Waals surface area contributed by atoms with Crippen molar-refractivity contribution in [1.29, 1.82) is 0 Å². The molecule has 2 atom stereocenters. The quantitative estimate of drug-likeness (QED) is 0.612. The van der Waals surface area contributed by atoms with Crippen molar-refractivity contribution in [3.8, 4) is 5.75 Å². The fourth-order valence-electron chi connectivity index (χ4n) is 3.83. The molecule has 0 amide bonds. The SMILES string of the molecule is O=C(O)CCC=CCC1CCN(S(=O)(=O)c2ccc(F)cc2)C1c1cccc(O)c1. The number of aromatic hydroxyl groups is 1. The molecule has 2 unspecified atom stereocenters. The van der Waals surface area contributed by atoms with E-state index in [1.807, 2.05) is 6.08 Å². The number of phenols is 1. The van der Waals surface area contributed by atoms with Gasteiger partial charge in [0.15, 0.2) is 0 Å². The van der Waals surface area contributed by atoms with Gasteiger partial charge in [-0.25, -0.2) is 12.8 Å². The zero-order valence-electron chi connectivity index (χ0n) is 16.3. The molecule has 0 bridgehead atoms. The number of carbonyl (C=O) groups is 1. The molecule has 0 spiro atoms. The van der Waals surface area contributed by atoms with Crippen molar-refractivity contribution < 1.29 is 27.8 Å². The Hall–Kier alpha value is -2.71. The summed E-state index contributed by atoms with van der Waals surface area (Å²) in [5, 5.41) is 18.7. The second-order valence-corrected chi connectivity index (χ2v) is 9.19. The molecule has 1 saturated heterocycles. The summed E-state index contributed by atoms with van der Waals surface area (Å²) in [5.41, 5.74) is 0.683. The molecule has 1 aliphatic rings. The Balaban J connectivity index is 1.88. The number of aliphatic carboxylic acids is 1. The molecule has 30 heavy (non-hydrogen) atoms. The maximum Gasteiger partial charge on any atom is 0.303 e. The third-order valence-electron chi connectivity index (χ3n) is 5.24. The first kappa shape index (κ1) is 22.0. The first-order chi connectivity index (χ1) is 14.3. The predicted octanol–water partition coefficient (Wildman–Crippen LogP) is 4.09. The smallest absolute Gasteiger partial charge is 0.303 e. The Morgan fingerprint density at radius 2 is 1.90 bits per heavy atom. The average Bonchev–Trinajstić information content (AvgIpc) is 3.12. The van der Waals surface area contributed by atoms with E-state index in [1.54, 1.807) is 24.3 Å². The van der Waals surface area contributed by atoms with Gasteiger partial charge in [-0.1, -0.05) is 24.3 Å². The number of allylic oxidation sites excluding steroid dienone is 2. The van der Waals surface area contributed by atoms with Crippen LogP contribution in [0, 0.1) is 11.7 Å². The number of rotatable bonds is 8. The van der Waals surface area contributed by atoms with Gasteiger partial charge >= 0.3 is 5.97 Å². The summed E-state index contributed by atoms with van der Waals surface area (Å²) in [7, 11) is -3.86. The van der Waals surface area contributed by atoms with Gasteiger partial charge in [0.1, 0.15) is 11.6 Å². The van der Waals surface area contributed by atoms with Gasteiger partial charge in [-0.2, -0.15) is 4.31 Å². The first-order valence-corrected chi connectivity index (χ1v) is 11.2. The number of halogens is 1. The van der Waals surface area contributed by atoms with Crippen molar-refractivity contribution in [2.24, 2.45) is 5.92 Å². The van der Waals surface area contributed by atoms with Crippen LogP contribution in [0.2, 0.25) is 0 Å². The van der Waals surface area contributed by atoms with Crippen LogP contribution in [-0.2, 0) is 14.8 Å². The van der Waals surface area contributed by atoms with Crippen LogP contribution in [0.1, 0.15) is 37.3 Å². The molecule has 8 heteroatoms. The highest BCUT2D eigenvalue weighted by Crippen LogP contribution is 2.43. The Morgan fingerprint density at radius 3 is 2.57 bits per heavy atom. The lowest BCUT2D eigenvalue weighted by Crippen LogP contribution is -2.32. The van der Waals surface area contributed by atoms with E-state index < -0.39 is 27.9 Å². The maximum absolute atomic E-state index is 13.3. The minimum absolute atomic E-state index is 0.0201. The van der Waals surface area contributed by atoms with Crippen LogP contribution in [-0.4, -0.2) is 35.5 Å². The molecular formula is C22H24FNO5S. The van der Waals surface area contributed by atoms with Gasteiger partial charge in [0.05, 0.1) is 10.9 Å². The summed E-state index contributed by atoms with van der Waals surface area (Å²) >= 11 is 0. The van der Waals surface area contributed by atoms with Gasteiger partial charge in [-0.15, -0.1) is 0 Å². The van der Waals surface area contributed by atoms with Gasteiger partial charge in [-0.3, -0.25) is 4.79 Å². The molecular weight excluding hydrogens is 409 g/mol. The highest BCUT2D eigenvalue weighted by atomic mass is 32.2. The topological polar surface area (TPSA) is 94.9 Å². The van der Waals surface area contributed by atoms with Gasteiger partial charge in [0.25, 0.3) is 0 Å². The Labute approximate surface area is 175 Å². The lowest BCUT2D eigenvalue weighted by Gasteiger charge is -2.28. The molecule has 0 radical (unpaired) electrons. The molecule has 0 aromatic heterocycles. The van der Waals surface area contributed by atoms with E-state index in [0.29, 0.717) is 31.4 Å². The van der Waals surface area contributed by atoms with Crippen molar-refractivity contribution in [3.05, 3.63) is 72.1 Å². The molecule has 2 aromatic rings. The lowest BCUT2D eigenvalue weighted by molar-refractivity contribution is -0.136. The monoisotopic (exact) mass is 433 g/mol. The number of hydrogen-bond acceptors (Lipinski definition) is 4. The van der Waals surface area contributed by atoms with E-state index in [2.05, 4.69) is 0 Å². The standard InChI is InChI=1S/C22H24FNO5S/c23-18-9-11-20(12-10-18)30(28,29)24-14-13-16(5-2-1-3-8-21(26)27)22(24)17-6-4-7-19(25)15-17/h1-2,4,6-7,9-12,15-16,22,25H,3,5,8,13-14H2,(H,26,27). The zero-order chi connectivity index (χ0) is 21.7. The van der Waals surface area contributed by atoms with E-state index in [0.717, 1.165) is 12.1 Å². The Morgan fingerprint density at radius 1 is 1.17 bits per heavy atom. The normalized spacial score (nSPS) is 20.0. The summed E-state index contributed by atoms with van der Waals surface area (Å²) in [6, 6.07) is 10.8. The number of carboxylic acids is 1. The van der Waals surface area contributed by atoms with Gasteiger partial charge < -0.3 is 10.2 Å². The minimum Gasteiger partial charge on any atom is -0.508 e. The molecule has 1 heterocycles. The third kappa shape index (κ3) is 5.06. The highest BCUT2D eigenvalue weighted by Gasteiger charge is 2.42. The largest absolute Gasteiger partial charge is 0.508 e. The Kier molecular flexibility index (Phi) is 6.89. The van der Waals surface area contributed by atoms with Crippen molar-refractivity contribution in [2.45, 2.75) is 36.6 Å². The number of phenolic OH excluding ortho intramolecular Hbond substituents is 1. The van der Waals surface area contributed by atoms with E-state index in [1.165, 1.54) is 22.5 Å². The summed E-state index contributed by atoms with van der Waals surface area (Å²) in [4.78, 5) is 10.7. The number of hydrogen-bond donors (Lipinski definition) is 2. The van der Waals surface area contributed by atoms with Crippen LogP contribution >= 0.6 is 0 Å². The lowest BCUT2D eigenvalue weighted by atomic mass is 9.91. The number of benzene rings is 2. The number of nitrogens with zero attached hydrogens (tertiary/aromatic N) is 1. The van der Waals surface area contributed by atoms with Crippen molar-refractivity contribution in [3.63, 3.8) is 0 Å². The molecule has 1 aliphatic heterocycles. The summed E-state index contributed by atoms with van der Waals surface area (Å²) in [6.45, 7) is 0.299. The highest BCUT2D eigenvalue weighted by molar-refractivity contribution is 7.89. The molecule has 6 nitrogen and oxygen atoms in total. The summed E-state index contributed by atoms with van der Waals surface area (Å²) in [5.74, 6) is -1.36. The van der Waals surface area contributed by atoms with E-state index >= 15 is 0 Å². The zero-order valence-corrected chi connectivity index (χ0v) is 17.1. The minimum atomic E-state index is -3.86. The maximum atomic E-state index is 13.3. The molecule has 160 valence electrons. The summed E-state index contributed by atoms with van der Waals surface area (Å²) in [6.07, 6.45) is 5.33. The second-order valence-electron chi connectivity index (χ2n) is 7.30. The third-order valence-corrected chi connectivity index (χ3v) is 7.13. The van der Waals surface area contributed by atoms with Gasteiger partial charge in [0.2, 0.25) is 10.0 Å². The van der Waals surface area contributed by atoms with Crippen LogP contribution in [0.5, 0.6) is 5.75 Å². The van der Waals surface area contributed by atoms with E-state index in [9.17, 15) is 22.7 Å². The van der Waals surface area contributed by atoms with Crippen molar-refractivity contribution in [1.82, 2.24) is 4.31 Å². The molecule has 0 saturated carbocycles. The van der Waals surface area contributed by atoms with Crippen molar-refractivity contribution in [2.75, 3.05) is 6.54 Å². The van der Waals surface area contributed by atoms with Gasteiger partial charge in [-0.05, 0) is 67.1 Å². The fourth-order valence-corrected chi connectivity index (χ4v) is 5.52. The van der Waals surface area contributed by atoms with Crippen LogP contribution in [0.3, 0.4) is 0 Å². The number of carboxylic acid groups (broad SMARTS) is 1. The first-order valence-electron chi connectivity index (χ1n) is 9.72. The average molecular weight is 434 g/mol. The predicted molar refractivity (Wildman–Crippen MR) is 110 cm³/mol. The number of sulfonamides is 1. The van der Waals surface area contributed by atoms with Crippen LogP contribution in [0.4, 0.5) is 4.39 Å². The fraction of sp³-hybridized carbons (Fsp3) is 0.318. The molecule has 2 N–H and O–H groups in total. The Bertz CT molecular complexity index is 1020. The van der Waals surface area contributed by atoms with Crippen LogP contribution < -0.4 is 0 Å². The molecule has 2 aromatic carbocycles. The van der Waals surface area contributed by atoms with Crippen molar-refractivity contribution >= 4 is 16.0 Å². The molecule has 1 fully saturated rings. The van der Waals surface area contributed by atoms with Crippen LogP contribution in [0.25, 0.3) is 0 Å². The molecule has 0 aliphatic carbocycles.